The minimum atomic E-state index is -0.136. The summed E-state index contributed by atoms with van der Waals surface area (Å²) >= 11 is 1.87. The average Bonchev–Trinajstić information content (AvgIpc) is 2.77. The molecule has 1 amide bonds. The number of ketones is 1. The molecule has 4 rings (SSSR count). The Balaban J connectivity index is 1.45. The molecule has 0 radical (unpaired) electrons. The maximum Gasteiger partial charge on any atom is 0.253 e. The first-order valence-corrected chi connectivity index (χ1v) is 10.3. The molecule has 1 aliphatic heterocycles. The van der Waals surface area contributed by atoms with Gasteiger partial charge in [0.25, 0.3) is 5.91 Å². The minimum absolute atomic E-state index is 0.0290. The maximum absolute atomic E-state index is 12.5. The molecule has 0 aliphatic carbocycles. The van der Waals surface area contributed by atoms with E-state index in [2.05, 4.69) is 9.97 Å². The first-order valence-electron chi connectivity index (χ1n) is 9.12. The van der Waals surface area contributed by atoms with Crippen LogP contribution in [0.5, 0.6) is 0 Å². The van der Waals surface area contributed by atoms with E-state index < -0.39 is 0 Å². The van der Waals surface area contributed by atoms with E-state index in [4.69, 9.17) is 0 Å². The number of aromatic nitrogens is 2. The second-order valence-electron chi connectivity index (χ2n) is 6.46. The zero-order chi connectivity index (χ0) is 19.3. The Morgan fingerprint density at radius 2 is 1.61 bits per heavy atom. The van der Waals surface area contributed by atoms with Crippen LogP contribution in [0.2, 0.25) is 0 Å². The van der Waals surface area contributed by atoms with Crippen molar-refractivity contribution in [3.05, 3.63) is 77.6 Å². The van der Waals surface area contributed by atoms with Gasteiger partial charge in [-0.05, 0) is 36.4 Å². The number of carbonyl (C=O) groups excluding carboxylic acids is 2. The first-order chi connectivity index (χ1) is 13.7. The van der Waals surface area contributed by atoms with Crippen molar-refractivity contribution in [2.24, 2.45) is 0 Å². The SMILES string of the molecule is O=C(C=Cc1cnc2ccccc2n1)c1ccc(C(=O)N2CCSCC2)cc1. The van der Waals surface area contributed by atoms with Gasteiger partial charge in [-0.15, -0.1) is 0 Å². The fraction of sp³-hybridized carbons (Fsp3) is 0.182. The Kier molecular flexibility index (Phi) is 5.48. The Morgan fingerprint density at radius 1 is 0.929 bits per heavy atom. The summed E-state index contributed by atoms with van der Waals surface area (Å²) in [6.45, 7) is 1.55. The van der Waals surface area contributed by atoms with Crippen molar-refractivity contribution in [3.8, 4) is 0 Å². The van der Waals surface area contributed by atoms with Gasteiger partial charge in [0.15, 0.2) is 5.78 Å². The van der Waals surface area contributed by atoms with Gasteiger partial charge in [-0.3, -0.25) is 14.6 Å². The van der Waals surface area contributed by atoms with Crippen LogP contribution in [-0.2, 0) is 0 Å². The second kappa shape index (κ2) is 8.35. The van der Waals surface area contributed by atoms with Gasteiger partial charge < -0.3 is 4.90 Å². The number of benzene rings is 2. The van der Waals surface area contributed by atoms with Crippen LogP contribution in [-0.4, -0.2) is 51.2 Å². The molecule has 0 spiro atoms. The van der Waals surface area contributed by atoms with Gasteiger partial charge in [0.2, 0.25) is 0 Å². The summed E-state index contributed by atoms with van der Waals surface area (Å²) in [6.07, 6.45) is 4.79. The molecular formula is C22H19N3O2S. The molecule has 0 N–H and O–H groups in total. The van der Waals surface area contributed by atoms with Crippen LogP contribution in [0.25, 0.3) is 17.1 Å². The molecule has 1 aromatic heterocycles. The molecule has 0 saturated carbocycles. The quantitative estimate of drug-likeness (QED) is 0.503. The van der Waals surface area contributed by atoms with E-state index in [1.54, 1.807) is 36.5 Å². The third-order valence-corrected chi connectivity index (χ3v) is 5.53. The van der Waals surface area contributed by atoms with Crippen molar-refractivity contribution in [2.45, 2.75) is 0 Å². The highest BCUT2D eigenvalue weighted by Crippen LogP contribution is 2.15. The van der Waals surface area contributed by atoms with Crippen molar-refractivity contribution in [3.63, 3.8) is 0 Å². The van der Waals surface area contributed by atoms with E-state index in [-0.39, 0.29) is 11.7 Å². The lowest BCUT2D eigenvalue weighted by Crippen LogP contribution is -2.37. The van der Waals surface area contributed by atoms with Crippen LogP contribution in [0.1, 0.15) is 26.4 Å². The number of hydrogen-bond donors (Lipinski definition) is 0. The molecule has 1 saturated heterocycles. The van der Waals surface area contributed by atoms with E-state index >= 15 is 0 Å². The highest BCUT2D eigenvalue weighted by Gasteiger charge is 2.18. The lowest BCUT2D eigenvalue weighted by atomic mass is 10.1. The lowest BCUT2D eigenvalue weighted by molar-refractivity contribution is 0.0772. The standard InChI is InChI=1S/C22H19N3O2S/c26-21(10-9-18-15-23-19-3-1-2-4-20(19)24-18)16-5-7-17(8-6-16)22(27)25-11-13-28-14-12-25/h1-10,15H,11-14H2. The molecule has 0 atom stereocenters. The molecule has 2 heterocycles. The number of fused-ring (bicyclic) bond motifs is 1. The van der Waals surface area contributed by atoms with Gasteiger partial charge in [0.1, 0.15) is 0 Å². The molecule has 2 aromatic carbocycles. The number of carbonyl (C=O) groups is 2. The van der Waals surface area contributed by atoms with E-state index in [0.717, 1.165) is 35.6 Å². The maximum atomic E-state index is 12.5. The van der Waals surface area contributed by atoms with Crippen LogP contribution in [0, 0.1) is 0 Å². The summed E-state index contributed by atoms with van der Waals surface area (Å²) in [6, 6.07) is 14.4. The Bertz CT molecular complexity index is 1040. The van der Waals surface area contributed by atoms with E-state index in [0.29, 0.717) is 16.8 Å². The number of allylic oxidation sites excluding steroid dienone is 1. The van der Waals surface area contributed by atoms with Crippen molar-refractivity contribution in [2.75, 3.05) is 24.6 Å². The lowest BCUT2D eigenvalue weighted by Gasteiger charge is -2.26. The molecule has 28 heavy (non-hydrogen) atoms. The molecule has 0 bridgehead atoms. The van der Waals surface area contributed by atoms with Crippen molar-refractivity contribution in [1.29, 1.82) is 0 Å². The largest absolute Gasteiger partial charge is 0.337 e. The summed E-state index contributed by atoms with van der Waals surface area (Å²) in [4.78, 5) is 35.6. The molecule has 3 aromatic rings. The molecule has 0 unspecified atom stereocenters. The van der Waals surface area contributed by atoms with Crippen LogP contribution < -0.4 is 0 Å². The van der Waals surface area contributed by atoms with E-state index in [1.165, 1.54) is 6.08 Å². The number of para-hydroxylation sites is 2. The van der Waals surface area contributed by atoms with Crippen LogP contribution in [0.15, 0.2) is 60.8 Å². The molecule has 5 nitrogen and oxygen atoms in total. The molecule has 140 valence electrons. The van der Waals surface area contributed by atoms with Crippen molar-refractivity contribution in [1.82, 2.24) is 14.9 Å². The normalized spacial score (nSPS) is 14.5. The summed E-state index contributed by atoms with van der Waals surface area (Å²) in [5, 5.41) is 0. The second-order valence-corrected chi connectivity index (χ2v) is 7.69. The Hall–Kier alpha value is -2.99. The topological polar surface area (TPSA) is 63.2 Å². The number of thioether (sulfide) groups is 1. The average molecular weight is 389 g/mol. The molecular weight excluding hydrogens is 370 g/mol. The van der Waals surface area contributed by atoms with Gasteiger partial charge in [0.05, 0.1) is 22.9 Å². The molecule has 1 fully saturated rings. The minimum Gasteiger partial charge on any atom is -0.337 e. The summed E-state index contributed by atoms with van der Waals surface area (Å²) in [7, 11) is 0. The van der Waals surface area contributed by atoms with Gasteiger partial charge in [-0.2, -0.15) is 11.8 Å². The van der Waals surface area contributed by atoms with Crippen molar-refractivity contribution < 1.29 is 9.59 Å². The van der Waals surface area contributed by atoms with Crippen LogP contribution >= 0.6 is 11.8 Å². The van der Waals surface area contributed by atoms with E-state index in [1.807, 2.05) is 40.9 Å². The fourth-order valence-corrected chi connectivity index (χ4v) is 3.94. The predicted molar refractivity (Wildman–Crippen MR) is 113 cm³/mol. The molecule has 1 aliphatic rings. The number of amides is 1. The van der Waals surface area contributed by atoms with Gasteiger partial charge >= 0.3 is 0 Å². The van der Waals surface area contributed by atoms with E-state index in [9.17, 15) is 9.59 Å². The fourth-order valence-electron chi connectivity index (χ4n) is 3.04. The van der Waals surface area contributed by atoms with Crippen molar-refractivity contribution >= 4 is 40.6 Å². The monoisotopic (exact) mass is 389 g/mol. The van der Waals surface area contributed by atoms with Gasteiger partial charge in [-0.25, -0.2) is 4.98 Å². The first kappa shape index (κ1) is 18.4. The third-order valence-electron chi connectivity index (χ3n) is 4.59. The summed E-state index contributed by atoms with van der Waals surface area (Å²) in [5.74, 6) is 1.85. The smallest absolute Gasteiger partial charge is 0.253 e. The molecule has 6 heteroatoms. The Labute approximate surface area is 167 Å². The zero-order valence-corrected chi connectivity index (χ0v) is 16.1. The number of nitrogens with zero attached hydrogens (tertiary/aromatic N) is 3. The van der Waals surface area contributed by atoms with Crippen LogP contribution in [0.4, 0.5) is 0 Å². The summed E-state index contributed by atoms with van der Waals surface area (Å²) in [5.41, 5.74) is 3.39. The highest BCUT2D eigenvalue weighted by molar-refractivity contribution is 7.99. The number of rotatable bonds is 4. The van der Waals surface area contributed by atoms with Gasteiger partial charge in [-0.1, -0.05) is 24.3 Å². The summed E-state index contributed by atoms with van der Waals surface area (Å²) < 4.78 is 0. The highest BCUT2D eigenvalue weighted by atomic mass is 32.2. The van der Waals surface area contributed by atoms with Gasteiger partial charge in [0, 0.05) is 35.7 Å². The Morgan fingerprint density at radius 3 is 2.36 bits per heavy atom. The predicted octanol–water partition coefficient (Wildman–Crippen LogP) is 3.71. The third kappa shape index (κ3) is 4.12. The zero-order valence-electron chi connectivity index (χ0n) is 15.2. The van der Waals surface area contributed by atoms with Crippen LogP contribution in [0.3, 0.4) is 0 Å². The number of hydrogen-bond acceptors (Lipinski definition) is 5.